The van der Waals surface area contributed by atoms with Crippen LogP contribution in [0.1, 0.15) is 15.9 Å². The van der Waals surface area contributed by atoms with Gasteiger partial charge in [-0.15, -0.1) is 0 Å². The van der Waals surface area contributed by atoms with E-state index in [2.05, 4.69) is 15.9 Å². The van der Waals surface area contributed by atoms with E-state index in [1.807, 2.05) is 48.5 Å². The molecule has 2 N–H and O–H groups in total. The topological polar surface area (TPSA) is 43.1 Å². The fourth-order valence-electron chi connectivity index (χ4n) is 2.29. The third kappa shape index (κ3) is 2.21. The molecular weight excluding hydrogens is 314 g/mol. The number of fused-ring (bicyclic) bond motifs is 1. The van der Waals surface area contributed by atoms with Gasteiger partial charge in [0, 0.05) is 21.3 Å². The van der Waals surface area contributed by atoms with Crippen molar-refractivity contribution < 1.29 is 4.79 Å². The average molecular weight is 326 g/mol. The average Bonchev–Trinajstić information content (AvgIpc) is 2.48. The van der Waals surface area contributed by atoms with Crippen LogP contribution in [0.2, 0.25) is 0 Å². The number of rotatable bonds is 2. The molecule has 0 atom stereocenters. The second-order valence-electron chi connectivity index (χ2n) is 4.59. The first kappa shape index (κ1) is 12.9. The van der Waals surface area contributed by atoms with Gasteiger partial charge < -0.3 is 5.73 Å². The van der Waals surface area contributed by atoms with Crippen molar-refractivity contribution in [3.05, 3.63) is 76.3 Å². The Morgan fingerprint density at radius 1 is 0.900 bits per heavy atom. The fourth-order valence-corrected chi connectivity index (χ4v) is 2.65. The summed E-state index contributed by atoms with van der Waals surface area (Å²) in [7, 11) is 0. The van der Waals surface area contributed by atoms with Crippen LogP contribution >= 0.6 is 15.9 Å². The molecule has 0 bridgehead atoms. The van der Waals surface area contributed by atoms with Crippen molar-refractivity contribution >= 4 is 38.2 Å². The number of anilines is 1. The molecule has 0 aliphatic rings. The molecule has 0 aliphatic carbocycles. The van der Waals surface area contributed by atoms with Gasteiger partial charge in [-0.05, 0) is 29.0 Å². The molecule has 0 amide bonds. The molecule has 0 saturated heterocycles. The SMILES string of the molecule is Nc1ccc(Br)cc1C(=O)c1cccc2ccccc12. The summed E-state index contributed by atoms with van der Waals surface area (Å²) in [4.78, 5) is 12.7. The van der Waals surface area contributed by atoms with Crippen molar-refractivity contribution in [3.8, 4) is 0 Å². The summed E-state index contributed by atoms with van der Waals surface area (Å²) in [5.74, 6) is -0.0550. The summed E-state index contributed by atoms with van der Waals surface area (Å²) in [6.45, 7) is 0. The van der Waals surface area contributed by atoms with E-state index in [0.717, 1.165) is 15.2 Å². The molecule has 0 heterocycles. The van der Waals surface area contributed by atoms with Crippen molar-refractivity contribution in [1.82, 2.24) is 0 Å². The fraction of sp³-hybridized carbons (Fsp3) is 0. The molecular formula is C17H12BrNO. The van der Waals surface area contributed by atoms with Crippen LogP contribution in [0.5, 0.6) is 0 Å². The standard InChI is InChI=1S/C17H12BrNO/c18-12-8-9-16(19)15(10-12)17(20)14-7-3-5-11-4-1-2-6-13(11)14/h1-10H,19H2. The molecule has 20 heavy (non-hydrogen) atoms. The summed E-state index contributed by atoms with van der Waals surface area (Å²) in [5, 5.41) is 1.99. The molecule has 0 radical (unpaired) electrons. The van der Waals surface area contributed by atoms with E-state index in [4.69, 9.17) is 5.73 Å². The quantitative estimate of drug-likeness (QED) is 0.560. The predicted molar refractivity (Wildman–Crippen MR) is 85.9 cm³/mol. The van der Waals surface area contributed by atoms with Crippen LogP contribution in [-0.4, -0.2) is 5.78 Å². The Kier molecular flexibility index (Phi) is 3.28. The zero-order valence-electron chi connectivity index (χ0n) is 10.6. The summed E-state index contributed by atoms with van der Waals surface area (Å²) in [5.41, 5.74) is 7.62. The number of nitrogens with two attached hydrogens (primary N) is 1. The lowest BCUT2D eigenvalue weighted by Crippen LogP contribution is -2.06. The number of carbonyl (C=O) groups is 1. The van der Waals surface area contributed by atoms with Crippen molar-refractivity contribution in [2.75, 3.05) is 5.73 Å². The monoisotopic (exact) mass is 325 g/mol. The van der Waals surface area contributed by atoms with Gasteiger partial charge in [-0.3, -0.25) is 4.79 Å². The first-order valence-electron chi connectivity index (χ1n) is 6.24. The highest BCUT2D eigenvalue weighted by Gasteiger charge is 2.15. The van der Waals surface area contributed by atoms with Crippen LogP contribution < -0.4 is 5.73 Å². The molecule has 0 fully saturated rings. The number of hydrogen-bond acceptors (Lipinski definition) is 2. The molecule has 0 saturated carbocycles. The van der Waals surface area contributed by atoms with E-state index in [9.17, 15) is 4.79 Å². The largest absolute Gasteiger partial charge is 0.398 e. The Labute approximate surface area is 125 Å². The lowest BCUT2D eigenvalue weighted by molar-refractivity contribution is 0.104. The Morgan fingerprint density at radius 3 is 2.50 bits per heavy atom. The Morgan fingerprint density at radius 2 is 1.65 bits per heavy atom. The maximum atomic E-state index is 12.7. The second kappa shape index (κ2) is 5.10. The van der Waals surface area contributed by atoms with Crippen molar-refractivity contribution in [1.29, 1.82) is 0 Å². The van der Waals surface area contributed by atoms with Gasteiger partial charge >= 0.3 is 0 Å². The molecule has 3 heteroatoms. The van der Waals surface area contributed by atoms with Gasteiger partial charge in [0.15, 0.2) is 5.78 Å². The van der Waals surface area contributed by atoms with E-state index in [1.54, 1.807) is 12.1 Å². The van der Waals surface area contributed by atoms with Crippen LogP contribution in [-0.2, 0) is 0 Å². The molecule has 0 spiro atoms. The highest BCUT2D eigenvalue weighted by atomic mass is 79.9. The lowest BCUT2D eigenvalue weighted by atomic mass is 9.96. The van der Waals surface area contributed by atoms with E-state index < -0.39 is 0 Å². The molecule has 3 aromatic carbocycles. The third-order valence-electron chi connectivity index (χ3n) is 3.29. The number of ketones is 1. The minimum atomic E-state index is -0.0550. The minimum absolute atomic E-state index is 0.0550. The van der Waals surface area contributed by atoms with Crippen LogP contribution in [0, 0.1) is 0 Å². The number of nitrogen functional groups attached to an aromatic ring is 1. The van der Waals surface area contributed by atoms with Crippen molar-refractivity contribution in [2.24, 2.45) is 0 Å². The Balaban J connectivity index is 2.20. The molecule has 0 unspecified atom stereocenters. The maximum absolute atomic E-state index is 12.7. The van der Waals surface area contributed by atoms with Gasteiger partial charge in [0.1, 0.15) is 0 Å². The van der Waals surface area contributed by atoms with Gasteiger partial charge in [0.05, 0.1) is 0 Å². The van der Waals surface area contributed by atoms with E-state index in [-0.39, 0.29) is 5.78 Å². The number of hydrogen-bond donors (Lipinski definition) is 1. The molecule has 3 aromatic rings. The highest BCUT2D eigenvalue weighted by Crippen LogP contribution is 2.25. The second-order valence-corrected chi connectivity index (χ2v) is 5.50. The van der Waals surface area contributed by atoms with E-state index >= 15 is 0 Å². The molecule has 3 rings (SSSR count). The van der Waals surface area contributed by atoms with Gasteiger partial charge in [-0.1, -0.05) is 58.4 Å². The molecule has 2 nitrogen and oxygen atoms in total. The predicted octanol–water partition coefficient (Wildman–Crippen LogP) is 4.42. The van der Waals surface area contributed by atoms with E-state index in [1.165, 1.54) is 0 Å². The van der Waals surface area contributed by atoms with Crippen LogP contribution in [0.4, 0.5) is 5.69 Å². The van der Waals surface area contributed by atoms with Crippen molar-refractivity contribution in [2.45, 2.75) is 0 Å². The summed E-state index contributed by atoms with van der Waals surface area (Å²) in [6, 6.07) is 18.9. The number of benzene rings is 3. The van der Waals surface area contributed by atoms with Gasteiger partial charge in [-0.25, -0.2) is 0 Å². The Bertz CT molecular complexity index is 806. The summed E-state index contributed by atoms with van der Waals surface area (Å²) >= 11 is 3.38. The van der Waals surface area contributed by atoms with Crippen LogP contribution in [0.25, 0.3) is 10.8 Å². The molecule has 98 valence electrons. The summed E-state index contributed by atoms with van der Waals surface area (Å²) in [6.07, 6.45) is 0. The lowest BCUT2D eigenvalue weighted by Gasteiger charge is -2.08. The van der Waals surface area contributed by atoms with Gasteiger partial charge in [-0.2, -0.15) is 0 Å². The first-order valence-corrected chi connectivity index (χ1v) is 7.03. The van der Waals surface area contributed by atoms with Gasteiger partial charge in [0.25, 0.3) is 0 Å². The number of halogens is 1. The Hall–Kier alpha value is -2.13. The normalized spacial score (nSPS) is 10.7. The van der Waals surface area contributed by atoms with Crippen LogP contribution in [0.3, 0.4) is 0 Å². The smallest absolute Gasteiger partial charge is 0.195 e. The van der Waals surface area contributed by atoms with Crippen LogP contribution in [0.15, 0.2) is 65.1 Å². The zero-order chi connectivity index (χ0) is 14.1. The van der Waals surface area contributed by atoms with E-state index in [0.29, 0.717) is 16.8 Å². The molecule has 0 aliphatic heterocycles. The minimum Gasteiger partial charge on any atom is -0.398 e. The van der Waals surface area contributed by atoms with Gasteiger partial charge in [0.2, 0.25) is 0 Å². The highest BCUT2D eigenvalue weighted by molar-refractivity contribution is 9.10. The summed E-state index contributed by atoms with van der Waals surface area (Å²) < 4.78 is 0.843. The molecule has 0 aromatic heterocycles. The number of carbonyl (C=O) groups excluding carboxylic acids is 1. The zero-order valence-corrected chi connectivity index (χ0v) is 12.2. The maximum Gasteiger partial charge on any atom is 0.195 e. The first-order chi connectivity index (χ1) is 9.66. The third-order valence-corrected chi connectivity index (χ3v) is 3.79. The van der Waals surface area contributed by atoms with Crippen molar-refractivity contribution in [3.63, 3.8) is 0 Å².